The minimum atomic E-state index is 0.367. The Morgan fingerprint density at radius 1 is 1.21 bits per heavy atom. The first kappa shape index (κ1) is 12.0. The molecule has 0 atom stereocenters. The number of rotatable bonds is 2. The van der Waals surface area contributed by atoms with Gasteiger partial charge in [0.25, 0.3) is 0 Å². The van der Waals surface area contributed by atoms with E-state index in [0.717, 1.165) is 22.4 Å². The Bertz CT molecular complexity index is 727. The van der Waals surface area contributed by atoms with Gasteiger partial charge in [0.15, 0.2) is 0 Å². The lowest BCUT2D eigenvalue weighted by Crippen LogP contribution is -1.88. The summed E-state index contributed by atoms with van der Waals surface area (Å²) in [6.07, 6.45) is 0. The number of hydrogen-bond donors (Lipinski definition) is 1. The summed E-state index contributed by atoms with van der Waals surface area (Å²) in [5.41, 5.74) is 12.2. The van der Waals surface area contributed by atoms with Gasteiger partial charge in [0.05, 0.1) is 5.56 Å². The summed E-state index contributed by atoms with van der Waals surface area (Å²) in [6, 6.07) is 8.19. The molecule has 0 aliphatic rings. The topological polar surface area (TPSA) is 52.0 Å². The highest BCUT2D eigenvalue weighted by Gasteiger charge is 2.19. The first-order valence-corrected chi connectivity index (χ1v) is 6.96. The third kappa shape index (κ3) is 2.04. The van der Waals surface area contributed by atoms with Crippen molar-refractivity contribution in [2.45, 2.75) is 13.8 Å². The summed E-state index contributed by atoms with van der Waals surface area (Å²) >= 11 is 1.65. The summed E-state index contributed by atoms with van der Waals surface area (Å²) in [5, 5.41) is 8.30. The average Bonchev–Trinajstić information content (AvgIpc) is 2.95. The van der Waals surface area contributed by atoms with E-state index >= 15 is 0 Å². The van der Waals surface area contributed by atoms with E-state index in [2.05, 4.69) is 41.9 Å². The maximum atomic E-state index is 5.95. The predicted octanol–water partition coefficient (Wildman–Crippen LogP) is 4.27. The van der Waals surface area contributed by atoms with E-state index in [1.807, 2.05) is 12.1 Å². The molecule has 0 unspecified atom stereocenters. The predicted molar refractivity (Wildman–Crippen MR) is 79.1 cm³/mol. The summed E-state index contributed by atoms with van der Waals surface area (Å²) in [5.74, 6) is 0.367. The lowest BCUT2D eigenvalue weighted by molar-refractivity contribution is 0.439. The maximum Gasteiger partial charge on any atom is 0.230 e. The Kier molecular flexibility index (Phi) is 2.87. The van der Waals surface area contributed by atoms with Crippen LogP contribution in [-0.2, 0) is 0 Å². The Morgan fingerprint density at radius 2 is 2.05 bits per heavy atom. The maximum absolute atomic E-state index is 5.95. The zero-order valence-electron chi connectivity index (χ0n) is 10.8. The number of nitrogens with two attached hydrogens (primary N) is 1. The van der Waals surface area contributed by atoms with Gasteiger partial charge < -0.3 is 10.3 Å². The average molecular weight is 270 g/mol. The van der Waals surface area contributed by atoms with Crippen LogP contribution in [0, 0.1) is 13.8 Å². The van der Waals surface area contributed by atoms with Crippen LogP contribution in [0.25, 0.3) is 22.4 Å². The van der Waals surface area contributed by atoms with Crippen LogP contribution in [0.4, 0.5) is 5.88 Å². The first-order chi connectivity index (χ1) is 9.16. The molecule has 0 fully saturated rings. The number of nitrogen functional groups attached to an aromatic ring is 1. The van der Waals surface area contributed by atoms with Gasteiger partial charge in [-0.05, 0) is 30.4 Å². The highest BCUT2D eigenvalue weighted by Crippen LogP contribution is 2.38. The minimum absolute atomic E-state index is 0.367. The molecule has 0 radical (unpaired) electrons. The van der Waals surface area contributed by atoms with Gasteiger partial charge in [0.1, 0.15) is 5.69 Å². The fraction of sp³-hybridized carbons (Fsp3) is 0.133. The van der Waals surface area contributed by atoms with Crippen molar-refractivity contribution < 1.29 is 4.52 Å². The normalized spacial score (nSPS) is 10.8. The third-order valence-corrected chi connectivity index (χ3v) is 4.00. The number of nitrogens with zero attached hydrogens (tertiary/aromatic N) is 1. The molecule has 0 bridgehead atoms. The molecule has 96 valence electrons. The van der Waals surface area contributed by atoms with Gasteiger partial charge in [-0.1, -0.05) is 35.0 Å². The molecule has 3 nitrogen and oxygen atoms in total. The van der Waals surface area contributed by atoms with E-state index in [4.69, 9.17) is 10.3 Å². The van der Waals surface area contributed by atoms with Gasteiger partial charge in [-0.15, -0.1) is 0 Å². The van der Waals surface area contributed by atoms with Crippen LogP contribution in [0.15, 0.2) is 39.5 Å². The Balaban J connectivity index is 2.22. The van der Waals surface area contributed by atoms with E-state index in [-0.39, 0.29) is 0 Å². The molecule has 0 aliphatic carbocycles. The molecule has 2 aromatic heterocycles. The van der Waals surface area contributed by atoms with Crippen LogP contribution in [0.1, 0.15) is 11.1 Å². The van der Waals surface area contributed by atoms with Crippen molar-refractivity contribution in [1.82, 2.24) is 5.16 Å². The Labute approximate surface area is 115 Å². The standard InChI is InChI=1S/C15H14N2OS/c1-9-4-3-5-11(6-9)13-14(17-18-15(13)16)12-8-19-7-10(12)2/h3-8H,16H2,1-2H3. The molecular weight excluding hydrogens is 256 g/mol. The van der Waals surface area contributed by atoms with Crippen LogP contribution in [0.3, 0.4) is 0 Å². The van der Waals surface area contributed by atoms with Gasteiger partial charge in [-0.2, -0.15) is 11.3 Å². The second-order valence-corrected chi connectivity index (χ2v) is 5.35. The fourth-order valence-electron chi connectivity index (χ4n) is 2.17. The summed E-state index contributed by atoms with van der Waals surface area (Å²) < 4.78 is 5.20. The van der Waals surface area contributed by atoms with Crippen LogP contribution < -0.4 is 5.73 Å². The number of aromatic nitrogens is 1. The molecule has 0 saturated carbocycles. The quantitative estimate of drug-likeness (QED) is 0.756. The number of anilines is 1. The molecule has 2 heterocycles. The van der Waals surface area contributed by atoms with Crippen LogP contribution in [-0.4, -0.2) is 5.16 Å². The monoisotopic (exact) mass is 270 g/mol. The van der Waals surface area contributed by atoms with Crippen molar-refractivity contribution in [2.75, 3.05) is 5.73 Å². The zero-order chi connectivity index (χ0) is 13.4. The molecule has 3 aromatic rings. The van der Waals surface area contributed by atoms with Gasteiger partial charge >= 0.3 is 0 Å². The number of hydrogen-bond acceptors (Lipinski definition) is 4. The van der Waals surface area contributed by atoms with Crippen molar-refractivity contribution in [3.63, 3.8) is 0 Å². The number of benzene rings is 1. The lowest BCUT2D eigenvalue weighted by Gasteiger charge is -2.03. The molecular formula is C15H14N2OS. The van der Waals surface area contributed by atoms with Crippen molar-refractivity contribution in [3.05, 3.63) is 46.2 Å². The Morgan fingerprint density at radius 3 is 2.74 bits per heavy atom. The third-order valence-electron chi connectivity index (χ3n) is 3.14. The highest BCUT2D eigenvalue weighted by molar-refractivity contribution is 7.08. The molecule has 4 heteroatoms. The minimum Gasteiger partial charge on any atom is -0.367 e. The highest BCUT2D eigenvalue weighted by atomic mass is 32.1. The lowest BCUT2D eigenvalue weighted by atomic mass is 9.99. The van der Waals surface area contributed by atoms with Crippen molar-refractivity contribution >= 4 is 17.2 Å². The second kappa shape index (κ2) is 4.55. The van der Waals surface area contributed by atoms with Gasteiger partial charge in [-0.3, -0.25) is 0 Å². The van der Waals surface area contributed by atoms with E-state index < -0.39 is 0 Å². The van der Waals surface area contributed by atoms with Gasteiger partial charge in [0, 0.05) is 10.9 Å². The molecule has 0 spiro atoms. The number of aryl methyl sites for hydroxylation is 2. The summed E-state index contributed by atoms with van der Waals surface area (Å²) in [6.45, 7) is 4.12. The van der Waals surface area contributed by atoms with Crippen molar-refractivity contribution in [2.24, 2.45) is 0 Å². The van der Waals surface area contributed by atoms with E-state index in [0.29, 0.717) is 5.88 Å². The second-order valence-electron chi connectivity index (χ2n) is 4.61. The van der Waals surface area contributed by atoms with Crippen LogP contribution in [0.5, 0.6) is 0 Å². The Hall–Kier alpha value is -2.07. The molecule has 0 aliphatic heterocycles. The van der Waals surface area contributed by atoms with E-state index in [1.54, 1.807) is 11.3 Å². The van der Waals surface area contributed by atoms with Crippen molar-refractivity contribution in [1.29, 1.82) is 0 Å². The summed E-state index contributed by atoms with van der Waals surface area (Å²) in [4.78, 5) is 0. The molecule has 0 amide bonds. The van der Waals surface area contributed by atoms with E-state index in [1.165, 1.54) is 11.1 Å². The van der Waals surface area contributed by atoms with Gasteiger partial charge in [-0.25, -0.2) is 0 Å². The molecule has 3 rings (SSSR count). The fourth-order valence-corrected chi connectivity index (χ4v) is 3.00. The van der Waals surface area contributed by atoms with Crippen molar-refractivity contribution in [3.8, 4) is 22.4 Å². The molecule has 1 aromatic carbocycles. The van der Waals surface area contributed by atoms with Crippen LogP contribution >= 0.6 is 11.3 Å². The zero-order valence-corrected chi connectivity index (χ0v) is 11.6. The number of thiophene rings is 1. The largest absolute Gasteiger partial charge is 0.367 e. The first-order valence-electron chi connectivity index (χ1n) is 6.02. The molecule has 2 N–H and O–H groups in total. The SMILES string of the molecule is Cc1cccc(-c2c(-c3cscc3C)noc2N)c1. The molecule has 19 heavy (non-hydrogen) atoms. The molecule has 0 saturated heterocycles. The summed E-state index contributed by atoms with van der Waals surface area (Å²) in [7, 11) is 0. The van der Waals surface area contributed by atoms with E-state index in [9.17, 15) is 0 Å². The van der Waals surface area contributed by atoms with Crippen LogP contribution in [0.2, 0.25) is 0 Å². The smallest absolute Gasteiger partial charge is 0.230 e. The van der Waals surface area contributed by atoms with Gasteiger partial charge in [0.2, 0.25) is 5.88 Å².